The second kappa shape index (κ2) is 4.02. The van der Waals surface area contributed by atoms with Gasteiger partial charge in [0.1, 0.15) is 11.4 Å². The molecule has 17 heavy (non-hydrogen) atoms. The van der Waals surface area contributed by atoms with Crippen molar-refractivity contribution in [3.8, 4) is 0 Å². The highest BCUT2D eigenvalue weighted by Gasteiger charge is 2.36. The minimum absolute atomic E-state index is 0.159. The van der Waals surface area contributed by atoms with Gasteiger partial charge in [-0.25, -0.2) is 0 Å². The van der Waals surface area contributed by atoms with E-state index in [4.69, 9.17) is 9.47 Å². The molecule has 0 spiro atoms. The average molecular weight is 234 g/mol. The zero-order valence-corrected chi connectivity index (χ0v) is 11.2. The number of hydrogen-bond donors (Lipinski definition) is 0. The average Bonchev–Trinajstić information content (AvgIpc) is 2.82. The van der Waals surface area contributed by atoms with Crippen LogP contribution in [0.1, 0.15) is 40.5 Å². The summed E-state index contributed by atoms with van der Waals surface area (Å²) < 4.78 is 11.9. The van der Waals surface area contributed by atoms with Crippen LogP contribution < -0.4 is 0 Å². The van der Waals surface area contributed by atoms with Crippen molar-refractivity contribution in [3.05, 3.63) is 36.1 Å². The summed E-state index contributed by atoms with van der Waals surface area (Å²) in [4.78, 5) is 0. The van der Waals surface area contributed by atoms with E-state index in [9.17, 15) is 0 Å². The van der Waals surface area contributed by atoms with Gasteiger partial charge in [-0.3, -0.25) is 0 Å². The SMILES string of the molecule is C=CC1(C)CCC(/C(C)=C2/C=CC(C)(C)O2)O1. The van der Waals surface area contributed by atoms with Crippen molar-refractivity contribution in [2.75, 3.05) is 0 Å². The van der Waals surface area contributed by atoms with Crippen molar-refractivity contribution in [3.63, 3.8) is 0 Å². The lowest BCUT2D eigenvalue weighted by molar-refractivity contribution is 0.0176. The van der Waals surface area contributed by atoms with Crippen molar-refractivity contribution in [1.82, 2.24) is 0 Å². The third kappa shape index (κ3) is 2.47. The normalized spacial score (nSPS) is 38.0. The molecule has 0 aromatic heterocycles. The lowest BCUT2D eigenvalue weighted by Crippen LogP contribution is -2.23. The Hall–Kier alpha value is -1.02. The fourth-order valence-electron chi connectivity index (χ4n) is 2.31. The Balaban J connectivity index is 2.13. The monoisotopic (exact) mass is 234 g/mol. The maximum Gasteiger partial charge on any atom is 0.122 e. The Labute approximate surface area is 104 Å². The maximum atomic E-state index is 6.05. The Bertz CT molecular complexity index is 390. The molecular formula is C15H22O2. The Morgan fingerprint density at radius 2 is 2.18 bits per heavy atom. The van der Waals surface area contributed by atoms with E-state index in [0.29, 0.717) is 0 Å². The number of allylic oxidation sites excluding steroid dienone is 1. The van der Waals surface area contributed by atoms with E-state index in [1.165, 1.54) is 5.57 Å². The molecule has 0 aromatic rings. The highest BCUT2D eigenvalue weighted by molar-refractivity contribution is 5.30. The third-order valence-corrected chi connectivity index (χ3v) is 3.63. The van der Waals surface area contributed by atoms with Crippen LogP contribution in [0.5, 0.6) is 0 Å². The van der Waals surface area contributed by atoms with E-state index >= 15 is 0 Å². The first-order valence-electron chi connectivity index (χ1n) is 6.26. The molecule has 1 fully saturated rings. The van der Waals surface area contributed by atoms with Crippen LogP contribution in [0.3, 0.4) is 0 Å². The smallest absolute Gasteiger partial charge is 0.122 e. The molecule has 1 saturated heterocycles. The molecule has 2 heterocycles. The van der Waals surface area contributed by atoms with Crippen LogP contribution in [0.2, 0.25) is 0 Å². The Morgan fingerprint density at radius 3 is 2.65 bits per heavy atom. The summed E-state index contributed by atoms with van der Waals surface area (Å²) >= 11 is 0. The molecule has 2 heteroatoms. The number of rotatable bonds is 2. The summed E-state index contributed by atoms with van der Waals surface area (Å²) in [6, 6.07) is 0. The van der Waals surface area contributed by atoms with E-state index in [1.54, 1.807) is 0 Å². The predicted octanol–water partition coefficient (Wildman–Crippen LogP) is 3.75. The highest BCUT2D eigenvalue weighted by Crippen LogP contribution is 2.37. The van der Waals surface area contributed by atoms with E-state index < -0.39 is 0 Å². The lowest BCUT2D eigenvalue weighted by Gasteiger charge is -2.23. The molecule has 2 nitrogen and oxygen atoms in total. The third-order valence-electron chi connectivity index (χ3n) is 3.63. The fraction of sp³-hybridized carbons (Fsp3) is 0.600. The van der Waals surface area contributed by atoms with Gasteiger partial charge in [-0.2, -0.15) is 0 Å². The Kier molecular flexibility index (Phi) is 2.94. The predicted molar refractivity (Wildman–Crippen MR) is 69.7 cm³/mol. The quantitative estimate of drug-likeness (QED) is 0.677. The fourth-order valence-corrected chi connectivity index (χ4v) is 2.31. The molecule has 0 aromatic carbocycles. The summed E-state index contributed by atoms with van der Waals surface area (Å²) in [7, 11) is 0. The van der Waals surface area contributed by atoms with Gasteiger partial charge in [0, 0.05) is 0 Å². The summed E-state index contributed by atoms with van der Waals surface area (Å²) in [6.45, 7) is 12.2. The minimum atomic E-state index is -0.184. The molecule has 2 aliphatic heterocycles. The van der Waals surface area contributed by atoms with Gasteiger partial charge in [0.15, 0.2) is 0 Å². The van der Waals surface area contributed by atoms with Gasteiger partial charge in [0.25, 0.3) is 0 Å². The lowest BCUT2D eigenvalue weighted by atomic mass is 10.0. The van der Waals surface area contributed by atoms with E-state index in [2.05, 4.69) is 46.4 Å². The van der Waals surface area contributed by atoms with E-state index in [0.717, 1.165) is 18.6 Å². The molecule has 0 bridgehead atoms. The first kappa shape index (κ1) is 12.4. The number of ether oxygens (including phenoxy) is 2. The number of hydrogen-bond acceptors (Lipinski definition) is 2. The van der Waals surface area contributed by atoms with Crippen LogP contribution in [-0.4, -0.2) is 17.3 Å². The van der Waals surface area contributed by atoms with Crippen molar-refractivity contribution in [2.24, 2.45) is 0 Å². The highest BCUT2D eigenvalue weighted by atomic mass is 16.5. The van der Waals surface area contributed by atoms with Crippen LogP contribution >= 0.6 is 0 Å². The van der Waals surface area contributed by atoms with Crippen LogP contribution in [0.4, 0.5) is 0 Å². The van der Waals surface area contributed by atoms with Crippen molar-refractivity contribution in [1.29, 1.82) is 0 Å². The molecule has 2 unspecified atom stereocenters. The first-order valence-corrected chi connectivity index (χ1v) is 6.26. The summed E-state index contributed by atoms with van der Waals surface area (Å²) in [5.41, 5.74) is 0.832. The maximum absolute atomic E-state index is 6.05. The van der Waals surface area contributed by atoms with Crippen LogP contribution in [0.15, 0.2) is 36.1 Å². The van der Waals surface area contributed by atoms with Gasteiger partial charge >= 0.3 is 0 Å². The topological polar surface area (TPSA) is 18.5 Å². The van der Waals surface area contributed by atoms with Gasteiger partial charge in [0.05, 0.1) is 11.7 Å². The van der Waals surface area contributed by atoms with Gasteiger partial charge < -0.3 is 9.47 Å². The molecule has 0 saturated carbocycles. The zero-order valence-electron chi connectivity index (χ0n) is 11.2. The van der Waals surface area contributed by atoms with Gasteiger partial charge in [-0.05, 0) is 58.3 Å². The van der Waals surface area contributed by atoms with E-state index in [1.807, 2.05) is 6.08 Å². The van der Waals surface area contributed by atoms with Crippen LogP contribution in [-0.2, 0) is 9.47 Å². The minimum Gasteiger partial charge on any atom is -0.484 e. The van der Waals surface area contributed by atoms with Crippen LogP contribution in [0, 0.1) is 0 Å². The summed E-state index contributed by atoms with van der Waals surface area (Å²) in [5, 5.41) is 0. The summed E-state index contributed by atoms with van der Waals surface area (Å²) in [5.74, 6) is 0.966. The molecule has 2 rings (SSSR count). The second-order valence-corrected chi connectivity index (χ2v) is 5.75. The molecule has 2 aliphatic rings. The van der Waals surface area contributed by atoms with Gasteiger partial charge in [-0.1, -0.05) is 6.08 Å². The molecule has 0 aliphatic carbocycles. The van der Waals surface area contributed by atoms with Crippen molar-refractivity contribution >= 4 is 0 Å². The van der Waals surface area contributed by atoms with Crippen molar-refractivity contribution in [2.45, 2.75) is 57.8 Å². The molecule has 0 radical (unpaired) electrons. The molecular weight excluding hydrogens is 212 g/mol. The van der Waals surface area contributed by atoms with Gasteiger partial charge in [0.2, 0.25) is 0 Å². The molecule has 0 amide bonds. The Morgan fingerprint density at radius 1 is 1.47 bits per heavy atom. The van der Waals surface area contributed by atoms with Crippen molar-refractivity contribution < 1.29 is 9.47 Å². The zero-order chi connectivity index (χ0) is 12.7. The second-order valence-electron chi connectivity index (χ2n) is 5.75. The largest absolute Gasteiger partial charge is 0.484 e. The van der Waals surface area contributed by atoms with E-state index in [-0.39, 0.29) is 17.3 Å². The molecule has 94 valence electrons. The summed E-state index contributed by atoms with van der Waals surface area (Å²) in [6.07, 6.45) is 8.27. The standard InChI is InChI=1S/C15H22O2/c1-6-15(5)10-8-13(17-15)11(2)12-7-9-14(3,4)16-12/h6-7,9,13H,1,8,10H2,2-5H3/b12-11-. The molecule has 2 atom stereocenters. The molecule has 0 N–H and O–H groups in total. The first-order chi connectivity index (χ1) is 7.85. The van der Waals surface area contributed by atoms with Crippen LogP contribution in [0.25, 0.3) is 0 Å². The van der Waals surface area contributed by atoms with Gasteiger partial charge in [-0.15, -0.1) is 6.58 Å².